The molecule has 1 saturated heterocycles. The zero-order valence-electron chi connectivity index (χ0n) is 15.9. The van der Waals surface area contributed by atoms with Gasteiger partial charge < -0.3 is 19.9 Å². The summed E-state index contributed by atoms with van der Waals surface area (Å²) in [5.41, 5.74) is 0.872. The Labute approximate surface area is 187 Å². The van der Waals surface area contributed by atoms with Gasteiger partial charge in [0.15, 0.2) is 0 Å². The SMILES string of the molecule is COC(=O)C1CN(C(=O)Nc2ccc(F)c(Cl)c2)CCN(c2c(Cl)cncc2Cl)C1. The Hall–Kier alpha value is -2.29. The first-order valence-corrected chi connectivity index (χ1v) is 10.1. The number of carbonyl (C=O) groups excluding carboxylic acids is 2. The zero-order valence-corrected chi connectivity index (χ0v) is 18.1. The van der Waals surface area contributed by atoms with Crippen molar-refractivity contribution in [3.8, 4) is 0 Å². The van der Waals surface area contributed by atoms with Crippen LogP contribution in [-0.2, 0) is 9.53 Å². The van der Waals surface area contributed by atoms with Crippen molar-refractivity contribution in [1.29, 1.82) is 0 Å². The number of urea groups is 1. The molecule has 1 aliphatic rings. The van der Waals surface area contributed by atoms with E-state index in [0.29, 0.717) is 28.0 Å². The van der Waals surface area contributed by atoms with Crippen molar-refractivity contribution in [2.45, 2.75) is 0 Å². The van der Waals surface area contributed by atoms with E-state index < -0.39 is 23.7 Å². The van der Waals surface area contributed by atoms with Crippen LogP contribution in [0.5, 0.6) is 0 Å². The summed E-state index contributed by atoms with van der Waals surface area (Å²) in [4.78, 5) is 32.4. The van der Waals surface area contributed by atoms with Crippen molar-refractivity contribution < 1.29 is 18.7 Å². The first kappa shape index (κ1) is 22.4. The molecule has 0 bridgehead atoms. The fourth-order valence-corrected chi connectivity index (χ4v) is 3.98. The molecule has 1 N–H and O–H groups in total. The standard InChI is InChI=1S/C19H18Cl3FN4O3/c1-30-18(28)11-9-26(17-14(21)7-24-8-15(17)22)4-5-27(10-11)19(29)25-12-2-3-16(23)13(20)6-12/h2-3,6-8,11H,4-5,9-10H2,1H3,(H,25,29). The summed E-state index contributed by atoms with van der Waals surface area (Å²) in [6.45, 7) is 1.02. The third kappa shape index (κ3) is 5.06. The number of methoxy groups -OCH3 is 1. The average Bonchev–Trinajstić information content (AvgIpc) is 2.93. The molecule has 3 rings (SSSR count). The third-order valence-electron chi connectivity index (χ3n) is 4.66. The van der Waals surface area contributed by atoms with Gasteiger partial charge in [-0.1, -0.05) is 34.8 Å². The molecule has 1 fully saturated rings. The average molecular weight is 476 g/mol. The Morgan fingerprint density at radius 1 is 1.13 bits per heavy atom. The van der Waals surface area contributed by atoms with Gasteiger partial charge in [0, 0.05) is 44.3 Å². The Morgan fingerprint density at radius 2 is 1.83 bits per heavy atom. The van der Waals surface area contributed by atoms with Gasteiger partial charge in [0.05, 0.1) is 33.8 Å². The number of benzene rings is 1. The molecular formula is C19H18Cl3FN4O3. The van der Waals surface area contributed by atoms with E-state index in [9.17, 15) is 14.0 Å². The number of carbonyl (C=O) groups is 2. The normalized spacial score (nSPS) is 16.8. The van der Waals surface area contributed by atoms with Crippen LogP contribution in [-0.4, -0.2) is 55.2 Å². The first-order valence-electron chi connectivity index (χ1n) is 8.93. The molecule has 2 heterocycles. The Balaban J connectivity index is 1.82. The van der Waals surface area contributed by atoms with E-state index >= 15 is 0 Å². The summed E-state index contributed by atoms with van der Waals surface area (Å²) in [5.74, 6) is -1.69. The number of hydrogen-bond acceptors (Lipinski definition) is 5. The fourth-order valence-electron chi connectivity index (χ4n) is 3.20. The van der Waals surface area contributed by atoms with Gasteiger partial charge in [0.25, 0.3) is 0 Å². The number of anilines is 2. The minimum Gasteiger partial charge on any atom is -0.469 e. The number of esters is 1. The Kier molecular flexibility index (Phi) is 7.23. The van der Waals surface area contributed by atoms with Crippen molar-refractivity contribution in [3.05, 3.63) is 51.5 Å². The predicted octanol–water partition coefficient (Wildman–Crippen LogP) is 4.32. The lowest BCUT2D eigenvalue weighted by molar-refractivity contribution is -0.145. The smallest absolute Gasteiger partial charge is 0.321 e. The molecule has 1 atom stereocenters. The van der Waals surface area contributed by atoms with Crippen LogP contribution in [0.1, 0.15) is 0 Å². The third-order valence-corrected chi connectivity index (χ3v) is 5.50. The van der Waals surface area contributed by atoms with E-state index in [1.165, 1.54) is 36.5 Å². The minimum atomic E-state index is -0.639. The Morgan fingerprint density at radius 3 is 2.47 bits per heavy atom. The highest BCUT2D eigenvalue weighted by Crippen LogP contribution is 2.34. The molecule has 11 heteroatoms. The van der Waals surface area contributed by atoms with Crippen LogP contribution in [0.25, 0.3) is 0 Å². The van der Waals surface area contributed by atoms with Crippen molar-refractivity contribution in [3.63, 3.8) is 0 Å². The van der Waals surface area contributed by atoms with Crippen molar-refractivity contribution in [2.24, 2.45) is 5.92 Å². The number of pyridine rings is 1. The molecule has 1 aromatic heterocycles. The lowest BCUT2D eigenvalue weighted by Gasteiger charge is -2.26. The van der Waals surface area contributed by atoms with Gasteiger partial charge in [-0.05, 0) is 18.2 Å². The number of nitrogens with zero attached hydrogens (tertiary/aromatic N) is 3. The van der Waals surface area contributed by atoms with Gasteiger partial charge in [-0.3, -0.25) is 9.78 Å². The number of halogens is 4. The van der Waals surface area contributed by atoms with Crippen LogP contribution in [0.2, 0.25) is 15.1 Å². The molecule has 0 spiro atoms. The van der Waals surface area contributed by atoms with E-state index in [0.717, 1.165) is 6.07 Å². The molecule has 0 aliphatic carbocycles. The van der Waals surface area contributed by atoms with Crippen LogP contribution in [0.15, 0.2) is 30.6 Å². The summed E-state index contributed by atoms with van der Waals surface area (Å²) in [6.07, 6.45) is 2.92. The highest BCUT2D eigenvalue weighted by Gasteiger charge is 2.32. The highest BCUT2D eigenvalue weighted by atomic mass is 35.5. The fraction of sp³-hybridized carbons (Fsp3) is 0.316. The Bertz CT molecular complexity index is 942. The highest BCUT2D eigenvalue weighted by molar-refractivity contribution is 6.38. The molecule has 2 aromatic rings. The maximum atomic E-state index is 13.4. The summed E-state index contributed by atoms with van der Waals surface area (Å²) in [6, 6.07) is 3.41. The number of ether oxygens (including phenoxy) is 1. The largest absolute Gasteiger partial charge is 0.469 e. The molecule has 0 radical (unpaired) electrons. The second kappa shape index (κ2) is 9.68. The summed E-state index contributed by atoms with van der Waals surface area (Å²) < 4.78 is 18.3. The van der Waals surface area contributed by atoms with Crippen LogP contribution >= 0.6 is 34.8 Å². The van der Waals surface area contributed by atoms with Gasteiger partial charge in [0.2, 0.25) is 0 Å². The van der Waals surface area contributed by atoms with E-state index in [-0.39, 0.29) is 24.7 Å². The lowest BCUT2D eigenvalue weighted by Crippen LogP contribution is -2.40. The van der Waals surface area contributed by atoms with Crippen molar-refractivity contribution in [2.75, 3.05) is 43.5 Å². The first-order chi connectivity index (χ1) is 14.3. The molecule has 1 aliphatic heterocycles. The van der Waals surface area contributed by atoms with Crippen LogP contribution in [0, 0.1) is 11.7 Å². The predicted molar refractivity (Wildman–Crippen MR) is 114 cm³/mol. The van der Waals surface area contributed by atoms with E-state index in [1.54, 1.807) is 0 Å². The maximum Gasteiger partial charge on any atom is 0.321 e. The summed E-state index contributed by atoms with van der Waals surface area (Å²) in [7, 11) is 1.29. The molecule has 1 unspecified atom stereocenters. The number of amides is 2. The van der Waals surface area contributed by atoms with E-state index in [4.69, 9.17) is 39.5 Å². The molecule has 1 aromatic carbocycles. The topological polar surface area (TPSA) is 74.8 Å². The van der Waals surface area contributed by atoms with Crippen LogP contribution in [0.4, 0.5) is 20.6 Å². The van der Waals surface area contributed by atoms with Gasteiger partial charge in [0.1, 0.15) is 5.82 Å². The van der Waals surface area contributed by atoms with E-state index in [2.05, 4.69) is 10.3 Å². The molecule has 160 valence electrons. The lowest BCUT2D eigenvalue weighted by atomic mass is 10.1. The molecule has 0 saturated carbocycles. The number of aromatic nitrogens is 1. The molecular weight excluding hydrogens is 458 g/mol. The quantitative estimate of drug-likeness (QED) is 0.669. The van der Waals surface area contributed by atoms with Gasteiger partial charge >= 0.3 is 12.0 Å². The van der Waals surface area contributed by atoms with Gasteiger partial charge in [-0.15, -0.1) is 0 Å². The monoisotopic (exact) mass is 474 g/mol. The molecule has 2 amide bonds. The van der Waals surface area contributed by atoms with Crippen LogP contribution in [0.3, 0.4) is 0 Å². The van der Waals surface area contributed by atoms with Gasteiger partial charge in [-0.25, -0.2) is 9.18 Å². The van der Waals surface area contributed by atoms with E-state index in [1.807, 2.05) is 4.90 Å². The van der Waals surface area contributed by atoms with Gasteiger partial charge in [-0.2, -0.15) is 0 Å². The zero-order chi connectivity index (χ0) is 21.8. The van der Waals surface area contributed by atoms with Crippen molar-refractivity contribution >= 4 is 58.2 Å². The second-order valence-corrected chi connectivity index (χ2v) is 7.84. The summed E-state index contributed by atoms with van der Waals surface area (Å²) >= 11 is 18.3. The molecule has 30 heavy (non-hydrogen) atoms. The molecule has 7 nitrogen and oxygen atoms in total. The maximum absolute atomic E-state index is 13.4. The number of hydrogen-bond donors (Lipinski definition) is 1. The van der Waals surface area contributed by atoms with Crippen LogP contribution < -0.4 is 10.2 Å². The second-order valence-electron chi connectivity index (χ2n) is 6.62. The minimum absolute atomic E-state index is 0.107. The van der Waals surface area contributed by atoms with Crippen molar-refractivity contribution in [1.82, 2.24) is 9.88 Å². The summed E-state index contributed by atoms with van der Waals surface area (Å²) in [5, 5.41) is 3.23. The number of nitrogens with one attached hydrogen (secondary N) is 1. The number of rotatable bonds is 3.